The standard InChI is InChI=1S/C36H21BN2O/c1-2-11-22(12-3-1)38-30-19-8-5-16-27(30)37-28-17-6-9-20-32(28)40-36-33(37)31(38)21-26-25-15-10-14-24-23-13-4-7-18-29(23)39(34(24)25)35(26)36/h1-21H. The lowest BCUT2D eigenvalue weighted by Gasteiger charge is -2.40. The van der Waals surface area contributed by atoms with Crippen molar-refractivity contribution in [3.8, 4) is 11.5 Å². The molecule has 2 aromatic heterocycles. The van der Waals surface area contributed by atoms with E-state index in [1.807, 2.05) is 0 Å². The van der Waals surface area contributed by atoms with Crippen molar-refractivity contribution in [2.75, 3.05) is 4.90 Å². The summed E-state index contributed by atoms with van der Waals surface area (Å²) in [6, 6.07) is 46.0. The molecule has 4 heterocycles. The van der Waals surface area contributed by atoms with Crippen LogP contribution in [0, 0.1) is 0 Å². The summed E-state index contributed by atoms with van der Waals surface area (Å²) in [6.45, 7) is 0.0810. The van der Waals surface area contributed by atoms with Gasteiger partial charge in [0.05, 0.1) is 16.6 Å². The predicted molar refractivity (Wildman–Crippen MR) is 167 cm³/mol. The number of aromatic nitrogens is 1. The number of para-hydroxylation sites is 5. The van der Waals surface area contributed by atoms with E-state index in [2.05, 4.69) is 137 Å². The van der Waals surface area contributed by atoms with E-state index in [-0.39, 0.29) is 6.71 Å². The van der Waals surface area contributed by atoms with Crippen LogP contribution in [0.25, 0.3) is 38.1 Å². The predicted octanol–water partition coefficient (Wildman–Crippen LogP) is 7.24. The first-order valence-electron chi connectivity index (χ1n) is 13.8. The van der Waals surface area contributed by atoms with Gasteiger partial charge in [-0.05, 0) is 52.8 Å². The number of ether oxygens (including phenoxy) is 1. The first-order valence-corrected chi connectivity index (χ1v) is 13.8. The number of anilines is 3. The van der Waals surface area contributed by atoms with Crippen LogP contribution in [-0.2, 0) is 0 Å². The van der Waals surface area contributed by atoms with Crippen LogP contribution in [0.4, 0.5) is 17.1 Å². The van der Waals surface area contributed by atoms with E-state index in [4.69, 9.17) is 4.74 Å². The summed E-state index contributed by atoms with van der Waals surface area (Å²) < 4.78 is 9.45. The summed E-state index contributed by atoms with van der Waals surface area (Å²) >= 11 is 0. The highest BCUT2D eigenvalue weighted by Crippen LogP contribution is 2.48. The highest BCUT2D eigenvalue weighted by Gasteiger charge is 2.43. The Hall–Kier alpha value is -5.22. The molecule has 0 saturated carbocycles. The molecule has 0 saturated heterocycles. The van der Waals surface area contributed by atoms with E-state index >= 15 is 0 Å². The molecule has 0 spiro atoms. The molecule has 2 aliphatic heterocycles. The van der Waals surface area contributed by atoms with Gasteiger partial charge < -0.3 is 14.0 Å². The number of rotatable bonds is 1. The normalized spacial score (nSPS) is 13.6. The van der Waals surface area contributed by atoms with Crippen molar-refractivity contribution >= 4 is 78.3 Å². The van der Waals surface area contributed by atoms with Gasteiger partial charge in [0.1, 0.15) is 11.5 Å². The van der Waals surface area contributed by atoms with Crippen LogP contribution in [0.3, 0.4) is 0 Å². The SMILES string of the molecule is c1ccc(N2c3ccccc3B3c4ccccc4Oc4c3c2cc2c3cccc5c6ccccc6n(c42)c53)cc1. The second-order valence-corrected chi connectivity index (χ2v) is 10.9. The molecule has 0 unspecified atom stereocenters. The second-order valence-electron chi connectivity index (χ2n) is 10.9. The Labute approximate surface area is 230 Å². The Bertz CT molecular complexity index is 2320. The molecule has 40 heavy (non-hydrogen) atoms. The molecule has 2 aliphatic rings. The van der Waals surface area contributed by atoms with Crippen LogP contribution in [-0.4, -0.2) is 11.1 Å². The fraction of sp³-hybridized carbons (Fsp3) is 0. The Morgan fingerprint density at radius 3 is 2.12 bits per heavy atom. The summed E-state index contributed by atoms with van der Waals surface area (Å²) in [7, 11) is 0. The molecule has 8 aromatic rings. The average Bonchev–Trinajstić information content (AvgIpc) is 3.53. The molecule has 0 amide bonds. The van der Waals surface area contributed by atoms with Crippen molar-refractivity contribution in [1.82, 2.24) is 4.40 Å². The van der Waals surface area contributed by atoms with Gasteiger partial charge >= 0.3 is 0 Å². The van der Waals surface area contributed by atoms with Crippen LogP contribution in [0.1, 0.15) is 0 Å². The summed E-state index contributed by atoms with van der Waals surface area (Å²) in [4.78, 5) is 2.42. The van der Waals surface area contributed by atoms with E-state index in [0.717, 1.165) is 22.7 Å². The smallest absolute Gasteiger partial charge is 0.256 e. The Morgan fingerprint density at radius 1 is 0.525 bits per heavy atom. The number of benzene rings is 6. The van der Waals surface area contributed by atoms with Gasteiger partial charge in [-0.25, -0.2) is 0 Å². The molecule has 10 rings (SSSR count). The second kappa shape index (κ2) is 7.25. The lowest BCUT2D eigenvalue weighted by molar-refractivity contribution is 0.492. The zero-order chi connectivity index (χ0) is 25.9. The van der Waals surface area contributed by atoms with E-state index in [1.54, 1.807) is 0 Å². The van der Waals surface area contributed by atoms with E-state index in [0.29, 0.717) is 0 Å². The molecule has 0 radical (unpaired) electrons. The van der Waals surface area contributed by atoms with Gasteiger partial charge in [0.25, 0.3) is 6.71 Å². The third-order valence-corrected chi connectivity index (χ3v) is 8.96. The zero-order valence-electron chi connectivity index (χ0n) is 21.5. The van der Waals surface area contributed by atoms with Gasteiger partial charge in [0.2, 0.25) is 0 Å². The van der Waals surface area contributed by atoms with E-state index in [9.17, 15) is 0 Å². The molecule has 0 fully saturated rings. The topological polar surface area (TPSA) is 16.9 Å². The maximum Gasteiger partial charge on any atom is 0.256 e. The monoisotopic (exact) mass is 508 g/mol. The van der Waals surface area contributed by atoms with Crippen molar-refractivity contribution < 1.29 is 4.74 Å². The molecule has 0 atom stereocenters. The molecule has 0 aliphatic carbocycles. The average molecular weight is 508 g/mol. The fourth-order valence-electron chi connectivity index (χ4n) is 7.43. The van der Waals surface area contributed by atoms with Crippen LogP contribution in [0.15, 0.2) is 127 Å². The van der Waals surface area contributed by atoms with E-state index < -0.39 is 0 Å². The van der Waals surface area contributed by atoms with Gasteiger partial charge in [-0.15, -0.1) is 0 Å². The maximum atomic E-state index is 7.00. The maximum absolute atomic E-state index is 7.00. The van der Waals surface area contributed by atoms with Crippen LogP contribution in [0.2, 0.25) is 0 Å². The van der Waals surface area contributed by atoms with Crippen molar-refractivity contribution in [3.63, 3.8) is 0 Å². The first-order chi connectivity index (χ1) is 19.9. The number of nitrogens with zero attached hydrogens (tertiary/aromatic N) is 2. The van der Waals surface area contributed by atoms with Gasteiger partial charge in [-0.3, -0.25) is 0 Å². The molecule has 3 nitrogen and oxygen atoms in total. The van der Waals surface area contributed by atoms with Crippen molar-refractivity contribution in [2.45, 2.75) is 0 Å². The first kappa shape index (κ1) is 20.7. The molecule has 6 aromatic carbocycles. The molecule has 0 N–H and O–H groups in total. The Kier molecular flexibility index (Phi) is 3.75. The fourth-order valence-corrected chi connectivity index (χ4v) is 7.43. The zero-order valence-corrected chi connectivity index (χ0v) is 21.5. The minimum Gasteiger partial charge on any atom is -0.456 e. The third kappa shape index (κ3) is 2.39. The number of hydrogen-bond acceptors (Lipinski definition) is 2. The van der Waals surface area contributed by atoms with Crippen molar-refractivity contribution in [3.05, 3.63) is 127 Å². The van der Waals surface area contributed by atoms with Crippen molar-refractivity contribution in [2.24, 2.45) is 0 Å². The highest BCUT2D eigenvalue weighted by molar-refractivity contribution is 6.99. The van der Waals surface area contributed by atoms with E-state index in [1.165, 1.54) is 60.3 Å². The number of hydrogen-bond donors (Lipinski definition) is 0. The lowest BCUT2D eigenvalue weighted by Crippen LogP contribution is -2.59. The lowest BCUT2D eigenvalue weighted by atomic mass is 9.34. The quantitative estimate of drug-likeness (QED) is 0.218. The molecular weight excluding hydrogens is 487 g/mol. The molecule has 0 bridgehead atoms. The van der Waals surface area contributed by atoms with Gasteiger partial charge in [0, 0.05) is 38.6 Å². The molecule has 184 valence electrons. The number of fused-ring (bicyclic) bond motifs is 11. The molecule has 4 heteroatoms. The van der Waals surface area contributed by atoms with Crippen molar-refractivity contribution in [1.29, 1.82) is 0 Å². The summed E-state index contributed by atoms with van der Waals surface area (Å²) in [5.41, 5.74) is 10.9. The minimum absolute atomic E-state index is 0.0810. The highest BCUT2D eigenvalue weighted by atomic mass is 16.5. The van der Waals surface area contributed by atoms with Gasteiger partial charge in [-0.1, -0.05) is 91.0 Å². The van der Waals surface area contributed by atoms with Crippen LogP contribution < -0.4 is 26.0 Å². The summed E-state index contributed by atoms with van der Waals surface area (Å²) in [6.07, 6.45) is 0. The third-order valence-electron chi connectivity index (χ3n) is 8.96. The van der Waals surface area contributed by atoms with Crippen LogP contribution >= 0.6 is 0 Å². The van der Waals surface area contributed by atoms with Crippen LogP contribution in [0.5, 0.6) is 11.5 Å². The molecular formula is C36H21BN2O. The van der Waals surface area contributed by atoms with Gasteiger partial charge in [0.15, 0.2) is 0 Å². The Balaban J connectivity index is 1.45. The summed E-state index contributed by atoms with van der Waals surface area (Å²) in [5, 5.41) is 5.04. The summed E-state index contributed by atoms with van der Waals surface area (Å²) in [5.74, 6) is 1.90. The largest absolute Gasteiger partial charge is 0.456 e. The van der Waals surface area contributed by atoms with Gasteiger partial charge in [-0.2, -0.15) is 0 Å². The Morgan fingerprint density at radius 2 is 1.23 bits per heavy atom. The minimum atomic E-state index is 0.0810.